The highest BCUT2D eigenvalue weighted by Gasteiger charge is 2.36. The van der Waals surface area contributed by atoms with E-state index < -0.39 is 42.1 Å². The molecule has 2 aromatic carbocycles. The van der Waals surface area contributed by atoms with Gasteiger partial charge in [-0.1, -0.05) is 24.6 Å². The number of anilines is 1. The van der Waals surface area contributed by atoms with Crippen molar-refractivity contribution in [1.29, 1.82) is 0 Å². The molecule has 0 spiro atoms. The molecule has 0 saturated carbocycles. The molecule has 0 radical (unpaired) electrons. The van der Waals surface area contributed by atoms with Gasteiger partial charge in [-0.3, -0.25) is 19.3 Å². The smallest absolute Gasteiger partial charge is 0.341 e. The molecule has 0 atom stereocenters. The topological polar surface area (TPSA) is 149 Å². The van der Waals surface area contributed by atoms with Crippen LogP contribution in [0.5, 0.6) is 11.5 Å². The first-order chi connectivity index (χ1) is 18.1. The SMILES string of the molecule is CCCOC(=O)c1cc(NC(=O)CN2C(=O)S/C(=C/c3ccc(OCC(=O)O)c(OC)c3)C2=O)ccc1Cl. The molecule has 1 aliphatic rings. The van der Waals surface area contributed by atoms with Crippen LogP contribution in [0.3, 0.4) is 0 Å². The van der Waals surface area contributed by atoms with Crippen LogP contribution in [0.25, 0.3) is 6.08 Å². The number of esters is 1. The lowest BCUT2D eigenvalue weighted by Crippen LogP contribution is -2.36. The second-order valence-corrected chi connectivity index (χ2v) is 9.14. The first kappa shape index (κ1) is 28.5. The number of amides is 3. The highest BCUT2D eigenvalue weighted by atomic mass is 35.5. The van der Waals surface area contributed by atoms with Crippen LogP contribution in [0.2, 0.25) is 5.02 Å². The van der Waals surface area contributed by atoms with Crippen molar-refractivity contribution >= 4 is 64.1 Å². The lowest BCUT2D eigenvalue weighted by molar-refractivity contribution is -0.139. The zero-order valence-electron chi connectivity index (χ0n) is 20.3. The quantitative estimate of drug-likeness (QED) is 0.303. The lowest BCUT2D eigenvalue weighted by Gasteiger charge is -2.13. The average molecular weight is 563 g/mol. The Morgan fingerprint density at radius 1 is 1.13 bits per heavy atom. The minimum absolute atomic E-state index is 0.0711. The molecule has 1 saturated heterocycles. The number of hydrogen-bond donors (Lipinski definition) is 2. The van der Waals surface area contributed by atoms with E-state index in [-0.39, 0.29) is 39.3 Å². The Balaban J connectivity index is 1.69. The number of carboxylic acids is 1. The van der Waals surface area contributed by atoms with Gasteiger partial charge in [-0.05, 0) is 60.2 Å². The predicted molar refractivity (Wildman–Crippen MR) is 139 cm³/mol. The van der Waals surface area contributed by atoms with Gasteiger partial charge < -0.3 is 24.6 Å². The van der Waals surface area contributed by atoms with Crippen LogP contribution in [-0.2, 0) is 19.1 Å². The van der Waals surface area contributed by atoms with Gasteiger partial charge in [-0.15, -0.1) is 0 Å². The molecular formula is C25H23ClN2O9S. The van der Waals surface area contributed by atoms with Crippen LogP contribution in [0.4, 0.5) is 10.5 Å². The molecule has 0 unspecified atom stereocenters. The number of carboxylic acid groups (broad SMARTS) is 1. The van der Waals surface area contributed by atoms with Gasteiger partial charge in [0.2, 0.25) is 5.91 Å². The maximum Gasteiger partial charge on any atom is 0.341 e. The summed E-state index contributed by atoms with van der Waals surface area (Å²) in [4.78, 5) is 61.6. The fourth-order valence-corrected chi connectivity index (χ4v) is 4.23. The van der Waals surface area contributed by atoms with Gasteiger partial charge in [0, 0.05) is 5.69 Å². The number of benzene rings is 2. The average Bonchev–Trinajstić information content (AvgIpc) is 3.14. The van der Waals surface area contributed by atoms with E-state index in [1.54, 1.807) is 6.07 Å². The van der Waals surface area contributed by atoms with Gasteiger partial charge in [0.05, 0.1) is 29.2 Å². The largest absolute Gasteiger partial charge is 0.493 e. The monoisotopic (exact) mass is 562 g/mol. The number of rotatable bonds is 11. The molecule has 0 bridgehead atoms. The second kappa shape index (κ2) is 13.0. The Labute approximate surface area is 226 Å². The molecule has 1 aliphatic heterocycles. The zero-order chi connectivity index (χ0) is 27.8. The Morgan fingerprint density at radius 3 is 2.58 bits per heavy atom. The van der Waals surface area contributed by atoms with Crippen molar-refractivity contribution in [3.05, 3.63) is 57.5 Å². The van der Waals surface area contributed by atoms with Crippen molar-refractivity contribution in [2.75, 3.05) is 32.2 Å². The number of halogens is 1. The molecule has 3 amide bonds. The van der Waals surface area contributed by atoms with Gasteiger partial charge in [0.15, 0.2) is 18.1 Å². The number of thioether (sulfide) groups is 1. The van der Waals surface area contributed by atoms with Crippen molar-refractivity contribution in [3.8, 4) is 11.5 Å². The minimum Gasteiger partial charge on any atom is -0.493 e. The number of ether oxygens (including phenoxy) is 3. The molecule has 1 heterocycles. The third-order valence-corrected chi connectivity index (χ3v) is 6.16. The van der Waals surface area contributed by atoms with E-state index in [0.717, 1.165) is 4.90 Å². The Morgan fingerprint density at radius 2 is 1.89 bits per heavy atom. The maximum absolute atomic E-state index is 12.8. The summed E-state index contributed by atoms with van der Waals surface area (Å²) in [7, 11) is 1.37. The van der Waals surface area contributed by atoms with E-state index in [2.05, 4.69) is 5.32 Å². The highest BCUT2D eigenvalue weighted by molar-refractivity contribution is 8.18. The van der Waals surface area contributed by atoms with Gasteiger partial charge >= 0.3 is 11.9 Å². The van der Waals surface area contributed by atoms with Crippen molar-refractivity contribution < 1.29 is 43.3 Å². The van der Waals surface area contributed by atoms with Crippen LogP contribution >= 0.6 is 23.4 Å². The van der Waals surface area contributed by atoms with E-state index in [0.29, 0.717) is 23.7 Å². The third-order valence-electron chi connectivity index (χ3n) is 4.92. The van der Waals surface area contributed by atoms with E-state index in [9.17, 15) is 24.0 Å². The second-order valence-electron chi connectivity index (χ2n) is 7.74. The van der Waals surface area contributed by atoms with E-state index in [1.165, 1.54) is 43.5 Å². The molecule has 38 heavy (non-hydrogen) atoms. The molecule has 3 rings (SSSR count). The van der Waals surface area contributed by atoms with E-state index in [1.807, 2.05) is 6.92 Å². The molecule has 2 N–H and O–H groups in total. The summed E-state index contributed by atoms with van der Waals surface area (Å²) < 4.78 is 15.4. The first-order valence-corrected chi connectivity index (χ1v) is 12.4. The Kier molecular flexibility index (Phi) is 9.74. The highest BCUT2D eigenvalue weighted by Crippen LogP contribution is 2.34. The molecular weight excluding hydrogens is 540 g/mol. The number of imide groups is 1. The van der Waals surface area contributed by atoms with Crippen molar-refractivity contribution in [2.45, 2.75) is 13.3 Å². The summed E-state index contributed by atoms with van der Waals surface area (Å²) >= 11 is 6.72. The summed E-state index contributed by atoms with van der Waals surface area (Å²) in [5.41, 5.74) is 0.799. The number of aliphatic carboxylic acids is 1. The van der Waals surface area contributed by atoms with Gasteiger partial charge in [0.25, 0.3) is 11.1 Å². The van der Waals surface area contributed by atoms with Crippen LogP contribution < -0.4 is 14.8 Å². The van der Waals surface area contributed by atoms with E-state index >= 15 is 0 Å². The van der Waals surface area contributed by atoms with Crippen molar-refractivity contribution in [3.63, 3.8) is 0 Å². The van der Waals surface area contributed by atoms with E-state index in [4.69, 9.17) is 30.9 Å². The maximum atomic E-state index is 12.8. The number of nitrogens with one attached hydrogen (secondary N) is 1. The van der Waals surface area contributed by atoms with Crippen LogP contribution in [0, 0.1) is 0 Å². The minimum atomic E-state index is -1.15. The van der Waals surface area contributed by atoms with Crippen LogP contribution in [0.1, 0.15) is 29.3 Å². The number of carbonyl (C=O) groups excluding carboxylic acids is 4. The molecule has 2 aromatic rings. The molecule has 11 nitrogen and oxygen atoms in total. The summed E-state index contributed by atoms with van der Waals surface area (Å²) in [5.74, 6) is -2.69. The summed E-state index contributed by atoms with van der Waals surface area (Å²) in [6.07, 6.45) is 2.08. The van der Waals surface area contributed by atoms with Crippen molar-refractivity contribution in [2.24, 2.45) is 0 Å². The van der Waals surface area contributed by atoms with Gasteiger partial charge in [-0.25, -0.2) is 9.59 Å². The molecule has 1 fully saturated rings. The fraction of sp³-hybridized carbons (Fsp3) is 0.240. The molecule has 200 valence electrons. The standard InChI is InChI=1S/C25H23ClN2O9S/c1-3-8-36-24(33)16-11-15(5-6-17(16)26)27-21(29)12-28-23(32)20(38-25(28)34)10-14-4-7-18(19(9-14)35-2)37-13-22(30)31/h4-7,9-11H,3,8,12-13H2,1-2H3,(H,27,29)(H,30,31)/b20-10+. The zero-order valence-corrected chi connectivity index (χ0v) is 21.9. The summed E-state index contributed by atoms with van der Waals surface area (Å²) in [6, 6.07) is 8.80. The first-order valence-electron chi connectivity index (χ1n) is 11.2. The number of nitrogens with zero attached hydrogens (tertiary/aromatic N) is 1. The Hall–Kier alpha value is -4.03. The van der Waals surface area contributed by atoms with Gasteiger partial charge in [0.1, 0.15) is 6.54 Å². The third kappa shape index (κ3) is 7.26. The van der Waals surface area contributed by atoms with Crippen LogP contribution in [-0.4, -0.2) is 65.9 Å². The number of carbonyl (C=O) groups is 5. The Bertz CT molecular complexity index is 1310. The fourth-order valence-electron chi connectivity index (χ4n) is 3.20. The normalized spacial score (nSPS) is 14.0. The molecule has 0 aliphatic carbocycles. The lowest BCUT2D eigenvalue weighted by atomic mass is 10.2. The summed E-state index contributed by atoms with van der Waals surface area (Å²) in [6.45, 7) is 0.953. The predicted octanol–water partition coefficient (Wildman–Crippen LogP) is 4.05. The van der Waals surface area contributed by atoms with Crippen molar-refractivity contribution in [1.82, 2.24) is 4.90 Å². The molecule has 0 aromatic heterocycles. The van der Waals surface area contributed by atoms with Gasteiger partial charge in [-0.2, -0.15) is 0 Å². The molecule has 13 heteroatoms. The van der Waals surface area contributed by atoms with Crippen LogP contribution in [0.15, 0.2) is 41.3 Å². The number of methoxy groups -OCH3 is 1. The summed E-state index contributed by atoms with van der Waals surface area (Å²) in [5, 5.41) is 10.8. The number of hydrogen-bond acceptors (Lipinski definition) is 9.